The first kappa shape index (κ1) is 14.0. The van der Waals surface area contributed by atoms with E-state index in [-0.39, 0.29) is 5.02 Å². The second-order valence-electron chi connectivity index (χ2n) is 4.90. The summed E-state index contributed by atoms with van der Waals surface area (Å²) in [4.78, 5) is 0. The van der Waals surface area contributed by atoms with Gasteiger partial charge in [0, 0.05) is 0 Å². The Morgan fingerprint density at radius 3 is 2.00 bits per heavy atom. The van der Waals surface area contributed by atoms with Crippen LogP contribution in [-0.4, -0.2) is 5.11 Å². The standard InChI is InChI=1S/C16H16ClFO/c1-10(2)11-3-5-12(6-4-11)16(19)13-7-8-14(17)15(18)9-13/h3-10,16,19H,1-2H3. The third kappa shape index (κ3) is 3.14. The molecular weight excluding hydrogens is 263 g/mol. The minimum Gasteiger partial charge on any atom is -0.384 e. The topological polar surface area (TPSA) is 20.2 Å². The molecule has 1 N–H and O–H groups in total. The molecule has 19 heavy (non-hydrogen) atoms. The van der Waals surface area contributed by atoms with Gasteiger partial charge < -0.3 is 5.11 Å². The van der Waals surface area contributed by atoms with Crippen molar-refractivity contribution in [3.8, 4) is 0 Å². The highest BCUT2D eigenvalue weighted by molar-refractivity contribution is 6.30. The lowest BCUT2D eigenvalue weighted by molar-refractivity contribution is 0.220. The Bertz CT molecular complexity index is 563. The number of halogens is 2. The van der Waals surface area contributed by atoms with Crippen molar-refractivity contribution >= 4 is 11.6 Å². The maximum Gasteiger partial charge on any atom is 0.142 e. The van der Waals surface area contributed by atoms with E-state index in [1.165, 1.54) is 17.7 Å². The normalized spacial score (nSPS) is 12.7. The van der Waals surface area contributed by atoms with Crippen molar-refractivity contribution in [2.45, 2.75) is 25.9 Å². The second kappa shape index (κ2) is 5.72. The second-order valence-corrected chi connectivity index (χ2v) is 5.30. The van der Waals surface area contributed by atoms with Crippen molar-refractivity contribution in [1.82, 2.24) is 0 Å². The van der Waals surface area contributed by atoms with Gasteiger partial charge in [0.05, 0.1) is 5.02 Å². The molecule has 0 aromatic heterocycles. The van der Waals surface area contributed by atoms with Crippen molar-refractivity contribution in [2.75, 3.05) is 0 Å². The number of hydrogen-bond acceptors (Lipinski definition) is 1. The van der Waals surface area contributed by atoms with Gasteiger partial charge in [0.15, 0.2) is 0 Å². The van der Waals surface area contributed by atoms with E-state index in [0.29, 0.717) is 11.5 Å². The highest BCUT2D eigenvalue weighted by Crippen LogP contribution is 2.26. The SMILES string of the molecule is CC(C)c1ccc(C(O)c2ccc(Cl)c(F)c2)cc1. The van der Waals surface area contributed by atoms with Gasteiger partial charge in [-0.25, -0.2) is 4.39 Å². The molecule has 0 saturated heterocycles. The molecule has 0 spiro atoms. The fraction of sp³-hybridized carbons (Fsp3) is 0.250. The molecule has 1 nitrogen and oxygen atoms in total. The number of benzene rings is 2. The van der Waals surface area contributed by atoms with Gasteiger partial charge in [-0.2, -0.15) is 0 Å². The number of aliphatic hydroxyl groups excluding tert-OH is 1. The van der Waals surface area contributed by atoms with Gasteiger partial charge in [0.1, 0.15) is 11.9 Å². The molecule has 3 heteroatoms. The third-order valence-electron chi connectivity index (χ3n) is 3.18. The van der Waals surface area contributed by atoms with Gasteiger partial charge in [0.2, 0.25) is 0 Å². The summed E-state index contributed by atoms with van der Waals surface area (Å²) in [5, 5.41) is 10.3. The number of rotatable bonds is 3. The van der Waals surface area contributed by atoms with Gasteiger partial charge >= 0.3 is 0 Å². The van der Waals surface area contributed by atoms with Crippen LogP contribution in [-0.2, 0) is 0 Å². The first-order valence-corrected chi connectivity index (χ1v) is 6.59. The average Bonchev–Trinajstić information content (AvgIpc) is 2.41. The summed E-state index contributed by atoms with van der Waals surface area (Å²) in [5.74, 6) is -0.0730. The monoisotopic (exact) mass is 278 g/mol. The zero-order valence-electron chi connectivity index (χ0n) is 10.9. The van der Waals surface area contributed by atoms with Gasteiger partial charge in [-0.15, -0.1) is 0 Å². The fourth-order valence-electron chi connectivity index (χ4n) is 1.94. The van der Waals surface area contributed by atoms with Crippen LogP contribution in [0, 0.1) is 5.82 Å². The molecule has 0 aliphatic carbocycles. The van der Waals surface area contributed by atoms with E-state index < -0.39 is 11.9 Å². The first-order valence-electron chi connectivity index (χ1n) is 6.22. The van der Waals surface area contributed by atoms with Gasteiger partial charge in [-0.05, 0) is 34.7 Å². The Kier molecular flexibility index (Phi) is 4.23. The third-order valence-corrected chi connectivity index (χ3v) is 3.48. The summed E-state index contributed by atoms with van der Waals surface area (Å²) < 4.78 is 13.4. The molecule has 0 heterocycles. The van der Waals surface area contributed by atoms with Crippen LogP contribution in [0.3, 0.4) is 0 Å². The summed E-state index contributed by atoms with van der Waals surface area (Å²) in [6.45, 7) is 4.22. The van der Waals surface area contributed by atoms with Crippen LogP contribution in [0.4, 0.5) is 4.39 Å². The maximum absolute atomic E-state index is 13.4. The van der Waals surface area contributed by atoms with Crippen LogP contribution in [0.2, 0.25) is 5.02 Å². The van der Waals surface area contributed by atoms with E-state index >= 15 is 0 Å². The van der Waals surface area contributed by atoms with Gasteiger partial charge in [-0.3, -0.25) is 0 Å². The molecule has 0 radical (unpaired) electrons. The van der Waals surface area contributed by atoms with Gasteiger partial charge in [0.25, 0.3) is 0 Å². The quantitative estimate of drug-likeness (QED) is 0.864. The van der Waals surface area contributed by atoms with Crippen molar-refractivity contribution in [3.05, 3.63) is 70.0 Å². The summed E-state index contributed by atoms with van der Waals surface area (Å²) in [6.07, 6.45) is -0.840. The van der Waals surface area contributed by atoms with E-state index in [2.05, 4.69) is 13.8 Å². The Labute approximate surface area is 117 Å². The Hall–Kier alpha value is -1.38. The molecule has 2 aromatic rings. The molecule has 2 rings (SSSR count). The molecule has 1 unspecified atom stereocenters. The molecule has 0 saturated carbocycles. The van der Waals surface area contributed by atoms with E-state index in [1.807, 2.05) is 24.3 Å². The predicted molar refractivity (Wildman–Crippen MR) is 76.0 cm³/mol. The minimum atomic E-state index is -0.840. The molecule has 0 bridgehead atoms. The zero-order valence-corrected chi connectivity index (χ0v) is 11.7. The van der Waals surface area contributed by atoms with Crippen molar-refractivity contribution in [1.29, 1.82) is 0 Å². The van der Waals surface area contributed by atoms with Crippen LogP contribution in [0.1, 0.15) is 42.6 Å². The molecule has 0 aliphatic heterocycles. The molecule has 0 aliphatic rings. The van der Waals surface area contributed by atoms with Crippen LogP contribution in [0.5, 0.6) is 0 Å². The van der Waals surface area contributed by atoms with Crippen LogP contribution >= 0.6 is 11.6 Å². The molecular formula is C16H16ClFO. The van der Waals surface area contributed by atoms with Crippen molar-refractivity contribution < 1.29 is 9.50 Å². The lowest BCUT2D eigenvalue weighted by Gasteiger charge is -2.13. The largest absolute Gasteiger partial charge is 0.384 e. The fourth-order valence-corrected chi connectivity index (χ4v) is 2.06. The van der Waals surface area contributed by atoms with Gasteiger partial charge in [-0.1, -0.05) is 55.8 Å². The summed E-state index contributed by atoms with van der Waals surface area (Å²) in [6, 6.07) is 12.1. The summed E-state index contributed by atoms with van der Waals surface area (Å²) in [5.41, 5.74) is 2.45. The Morgan fingerprint density at radius 1 is 0.947 bits per heavy atom. The van der Waals surface area contributed by atoms with E-state index in [4.69, 9.17) is 11.6 Å². The number of hydrogen-bond donors (Lipinski definition) is 1. The highest BCUT2D eigenvalue weighted by Gasteiger charge is 2.12. The van der Waals surface area contributed by atoms with E-state index in [0.717, 1.165) is 5.56 Å². The van der Waals surface area contributed by atoms with Crippen molar-refractivity contribution in [2.24, 2.45) is 0 Å². The van der Waals surface area contributed by atoms with E-state index in [9.17, 15) is 9.50 Å². The Morgan fingerprint density at radius 2 is 1.47 bits per heavy atom. The van der Waals surface area contributed by atoms with Crippen molar-refractivity contribution in [3.63, 3.8) is 0 Å². The highest BCUT2D eigenvalue weighted by atomic mass is 35.5. The maximum atomic E-state index is 13.4. The average molecular weight is 279 g/mol. The minimum absolute atomic E-state index is 0.0612. The first-order chi connectivity index (χ1) is 8.99. The molecule has 100 valence electrons. The molecule has 0 fully saturated rings. The van der Waals surface area contributed by atoms with E-state index in [1.54, 1.807) is 6.07 Å². The zero-order chi connectivity index (χ0) is 14.0. The van der Waals surface area contributed by atoms with Crippen LogP contribution in [0.15, 0.2) is 42.5 Å². The smallest absolute Gasteiger partial charge is 0.142 e. The summed E-state index contributed by atoms with van der Waals surface area (Å²) in [7, 11) is 0. The van der Waals surface area contributed by atoms with Crippen LogP contribution in [0.25, 0.3) is 0 Å². The van der Waals surface area contributed by atoms with Crippen LogP contribution < -0.4 is 0 Å². The lowest BCUT2D eigenvalue weighted by atomic mass is 9.97. The molecule has 0 amide bonds. The molecule has 2 aromatic carbocycles. The number of aliphatic hydroxyl groups is 1. The lowest BCUT2D eigenvalue weighted by Crippen LogP contribution is -2.01. The molecule has 1 atom stereocenters. The Balaban J connectivity index is 2.27. The predicted octanol–water partition coefficient (Wildman–Crippen LogP) is 4.68. The summed E-state index contributed by atoms with van der Waals surface area (Å²) >= 11 is 5.63.